The number of hydrogen-bond donors (Lipinski definition) is 0. The second-order valence-electron chi connectivity index (χ2n) is 9.89. The van der Waals surface area contributed by atoms with E-state index in [1.807, 2.05) is 5.06 Å². The first-order chi connectivity index (χ1) is 14.7. The number of likely N-dealkylation sites (tertiary alicyclic amines) is 1. The van der Waals surface area contributed by atoms with Crippen molar-refractivity contribution < 1.29 is 9.63 Å². The molecule has 0 aromatic heterocycles. The molecule has 164 valence electrons. The molecule has 4 aliphatic rings. The van der Waals surface area contributed by atoms with Gasteiger partial charge in [0.15, 0.2) is 0 Å². The SMILES string of the molecule is CN1OC[C@@H]2CN(C(=O)C3CCCCC3)[C@H](c3ccc(N4CCCCC4)cc3)C[C@@H]21. The number of nitrogens with zero attached hydrogens (tertiary/aromatic N) is 3. The molecule has 5 rings (SSSR count). The Kier molecular flexibility index (Phi) is 6.01. The lowest BCUT2D eigenvalue weighted by Crippen LogP contribution is -2.51. The van der Waals surface area contributed by atoms with Crippen molar-refractivity contribution in [3.05, 3.63) is 29.8 Å². The predicted molar refractivity (Wildman–Crippen MR) is 119 cm³/mol. The quantitative estimate of drug-likeness (QED) is 0.739. The number of rotatable bonds is 3. The van der Waals surface area contributed by atoms with Crippen molar-refractivity contribution in [2.24, 2.45) is 11.8 Å². The first kappa shape index (κ1) is 20.3. The molecule has 0 spiro atoms. The molecular weight excluding hydrogens is 374 g/mol. The molecule has 5 nitrogen and oxygen atoms in total. The van der Waals surface area contributed by atoms with Crippen LogP contribution >= 0.6 is 0 Å². The molecule has 1 aliphatic carbocycles. The van der Waals surface area contributed by atoms with E-state index in [0.29, 0.717) is 17.9 Å². The fourth-order valence-electron chi connectivity index (χ4n) is 6.17. The number of amides is 1. The number of anilines is 1. The van der Waals surface area contributed by atoms with Gasteiger partial charge in [0.2, 0.25) is 5.91 Å². The van der Waals surface area contributed by atoms with Crippen LogP contribution in [0.4, 0.5) is 5.69 Å². The third-order valence-electron chi connectivity index (χ3n) is 8.01. The number of benzene rings is 1. The smallest absolute Gasteiger partial charge is 0.226 e. The Labute approximate surface area is 181 Å². The molecule has 0 radical (unpaired) electrons. The third kappa shape index (κ3) is 3.99. The molecule has 0 unspecified atom stereocenters. The zero-order chi connectivity index (χ0) is 20.5. The van der Waals surface area contributed by atoms with Crippen LogP contribution in [-0.2, 0) is 9.63 Å². The zero-order valence-electron chi connectivity index (χ0n) is 18.5. The molecule has 1 saturated carbocycles. The Bertz CT molecular complexity index is 724. The molecule has 3 saturated heterocycles. The topological polar surface area (TPSA) is 36.0 Å². The number of hydrogen-bond acceptors (Lipinski definition) is 4. The Hall–Kier alpha value is -1.59. The van der Waals surface area contributed by atoms with Crippen LogP contribution < -0.4 is 4.90 Å². The Balaban J connectivity index is 1.38. The molecule has 3 aliphatic heterocycles. The number of hydroxylamine groups is 2. The summed E-state index contributed by atoms with van der Waals surface area (Å²) >= 11 is 0. The summed E-state index contributed by atoms with van der Waals surface area (Å²) in [6, 6.07) is 9.71. The number of piperidine rings is 2. The van der Waals surface area contributed by atoms with Crippen molar-refractivity contribution in [1.82, 2.24) is 9.96 Å². The van der Waals surface area contributed by atoms with Crippen LogP contribution in [0.5, 0.6) is 0 Å². The predicted octanol–water partition coefficient (Wildman–Crippen LogP) is 4.39. The van der Waals surface area contributed by atoms with Gasteiger partial charge in [-0.15, -0.1) is 0 Å². The molecule has 4 fully saturated rings. The van der Waals surface area contributed by atoms with E-state index in [-0.39, 0.29) is 12.0 Å². The highest BCUT2D eigenvalue weighted by Gasteiger charge is 2.45. The molecule has 5 heteroatoms. The molecular formula is C25H37N3O2. The summed E-state index contributed by atoms with van der Waals surface area (Å²) in [7, 11) is 2.06. The maximum Gasteiger partial charge on any atom is 0.226 e. The molecule has 3 atom stereocenters. The number of carbonyl (C=O) groups excluding carboxylic acids is 1. The minimum Gasteiger partial charge on any atom is -0.372 e. The lowest BCUT2D eigenvalue weighted by molar-refractivity contribution is -0.144. The maximum atomic E-state index is 13.6. The van der Waals surface area contributed by atoms with Crippen LogP contribution in [-0.4, -0.2) is 55.2 Å². The van der Waals surface area contributed by atoms with Crippen molar-refractivity contribution in [2.75, 3.05) is 38.2 Å². The van der Waals surface area contributed by atoms with Crippen molar-refractivity contribution >= 4 is 11.6 Å². The summed E-state index contributed by atoms with van der Waals surface area (Å²) in [5.41, 5.74) is 2.62. The Morgan fingerprint density at radius 1 is 0.967 bits per heavy atom. The van der Waals surface area contributed by atoms with E-state index >= 15 is 0 Å². The van der Waals surface area contributed by atoms with Gasteiger partial charge in [0.25, 0.3) is 0 Å². The average Bonchev–Trinajstić information content (AvgIpc) is 3.19. The third-order valence-corrected chi connectivity index (χ3v) is 8.01. The number of carbonyl (C=O) groups is 1. The summed E-state index contributed by atoms with van der Waals surface area (Å²) in [5.74, 6) is 1.06. The standard InChI is InChI=1S/C25H37N3O2/c1-26-23-16-24(19-10-12-22(13-11-19)27-14-6-3-7-15-27)28(17-21(23)18-30-26)25(29)20-8-4-2-5-9-20/h10-13,20-21,23-24H,2-9,14-18H2,1H3/t21-,23-,24-/m0/s1. The van der Waals surface area contributed by atoms with Crippen molar-refractivity contribution in [3.63, 3.8) is 0 Å². The van der Waals surface area contributed by atoms with Gasteiger partial charge >= 0.3 is 0 Å². The molecule has 0 N–H and O–H groups in total. The van der Waals surface area contributed by atoms with Gasteiger partial charge in [-0.25, -0.2) is 0 Å². The van der Waals surface area contributed by atoms with E-state index in [9.17, 15) is 4.79 Å². The second kappa shape index (κ2) is 8.88. The van der Waals surface area contributed by atoms with E-state index in [2.05, 4.69) is 41.1 Å². The first-order valence-corrected chi connectivity index (χ1v) is 12.2. The molecule has 1 amide bonds. The van der Waals surface area contributed by atoms with Gasteiger partial charge in [-0.05, 0) is 56.2 Å². The highest BCUT2D eigenvalue weighted by atomic mass is 16.7. The fourth-order valence-corrected chi connectivity index (χ4v) is 6.17. The van der Waals surface area contributed by atoms with E-state index in [1.54, 1.807) is 0 Å². The van der Waals surface area contributed by atoms with Gasteiger partial charge < -0.3 is 9.80 Å². The fraction of sp³-hybridized carbons (Fsp3) is 0.720. The lowest BCUT2D eigenvalue weighted by atomic mass is 9.82. The maximum absolute atomic E-state index is 13.6. The van der Waals surface area contributed by atoms with Crippen molar-refractivity contribution in [2.45, 2.75) is 69.9 Å². The highest BCUT2D eigenvalue weighted by Crippen LogP contribution is 2.41. The van der Waals surface area contributed by atoms with E-state index in [4.69, 9.17) is 4.84 Å². The van der Waals surface area contributed by atoms with E-state index < -0.39 is 0 Å². The monoisotopic (exact) mass is 411 g/mol. The summed E-state index contributed by atoms with van der Waals surface area (Å²) in [6.45, 7) is 3.92. The second-order valence-corrected chi connectivity index (χ2v) is 9.89. The molecule has 1 aromatic rings. The Morgan fingerprint density at radius 3 is 2.40 bits per heavy atom. The minimum absolute atomic E-state index is 0.167. The van der Waals surface area contributed by atoms with Crippen LogP contribution in [0, 0.1) is 11.8 Å². The van der Waals surface area contributed by atoms with Crippen LogP contribution in [0.25, 0.3) is 0 Å². The van der Waals surface area contributed by atoms with E-state index in [1.165, 1.54) is 62.9 Å². The average molecular weight is 412 g/mol. The zero-order valence-corrected chi connectivity index (χ0v) is 18.5. The van der Waals surface area contributed by atoms with Gasteiger partial charge in [-0.1, -0.05) is 31.4 Å². The Morgan fingerprint density at radius 2 is 1.67 bits per heavy atom. The summed E-state index contributed by atoms with van der Waals surface area (Å²) in [5, 5.41) is 2.04. The van der Waals surface area contributed by atoms with Crippen LogP contribution in [0.3, 0.4) is 0 Å². The van der Waals surface area contributed by atoms with Gasteiger partial charge in [-0.3, -0.25) is 9.63 Å². The molecule has 3 heterocycles. The number of fused-ring (bicyclic) bond motifs is 1. The van der Waals surface area contributed by atoms with E-state index in [0.717, 1.165) is 32.4 Å². The largest absolute Gasteiger partial charge is 0.372 e. The summed E-state index contributed by atoms with van der Waals surface area (Å²) in [6.07, 6.45) is 10.8. The van der Waals surface area contributed by atoms with Crippen LogP contribution in [0.2, 0.25) is 0 Å². The molecule has 0 bridgehead atoms. The first-order valence-electron chi connectivity index (χ1n) is 12.2. The molecule has 30 heavy (non-hydrogen) atoms. The summed E-state index contributed by atoms with van der Waals surface area (Å²) in [4.78, 5) is 24.2. The van der Waals surface area contributed by atoms with Gasteiger partial charge in [0.05, 0.1) is 12.6 Å². The minimum atomic E-state index is 0.167. The summed E-state index contributed by atoms with van der Waals surface area (Å²) < 4.78 is 0. The highest BCUT2D eigenvalue weighted by molar-refractivity contribution is 5.79. The normalized spacial score (nSPS) is 31.0. The van der Waals surface area contributed by atoms with Crippen molar-refractivity contribution in [3.8, 4) is 0 Å². The van der Waals surface area contributed by atoms with Gasteiger partial charge in [0, 0.05) is 50.2 Å². The van der Waals surface area contributed by atoms with Gasteiger partial charge in [0.1, 0.15) is 0 Å². The van der Waals surface area contributed by atoms with Gasteiger partial charge in [-0.2, -0.15) is 5.06 Å². The van der Waals surface area contributed by atoms with Crippen LogP contribution in [0.15, 0.2) is 24.3 Å². The lowest BCUT2D eigenvalue weighted by Gasteiger charge is -2.44. The molecule has 1 aromatic carbocycles. The van der Waals surface area contributed by atoms with Crippen LogP contribution in [0.1, 0.15) is 69.4 Å². The van der Waals surface area contributed by atoms with Crippen molar-refractivity contribution in [1.29, 1.82) is 0 Å².